The number of carbonyl (C=O) groups is 1. The van der Waals surface area contributed by atoms with Crippen molar-refractivity contribution in [3.63, 3.8) is 0 Å². The molecular formula is C14H18ClN5O2. The number of halogens is 1. The fourth-order valence-electron chi connectivity index (χ4n) is 2.45. The number of fused-ring (bicyclic) bond motifs is 1. The van der Waals surface area contributed by atoms with E-state index in [1.165, 1.54) is 4.68 Å². The molecule has 0 radical (unpaired) electrons. The van der Waals surface area contributed by atoms with Crippen LogP contribution < -0.4 is 16.2 Å². The van der Waals surface area contributed by atoms with E-state index in [1.807, 2.05) is 6.07 Å². The zero-order valence-electron chi connectivity index (χ0n) is 12.0. The largest absolute Gasteiger partial charge is 0.352 e. The van der Waals surface area contributed by atoms with E-state index in [0.717, 1.165) is 19.5 Å². The lowest BCUT2D eigenvalue weighted by atomic mass is 10.2. The Morgan fingerprint density at radius 2 is 2.23 bits per heavy atom. The van der Waals surface area contributed by atoms with E-state index in [1.54, 1.807) is 18.2 Å². The third-order valence-electron chi connectivity index (χ3n) is 3.61. The minimum atomic E-state index is -0.212. The van der Waals surface area contributed by atoms with Crippen LogP contribution in [0.15, 0.2) is 29.1 Å². The van der Waals surface area contributed by atoms with Crippen LogP contribution >= 0.6 is 12.4 Å². The summed E-state index contributed by atoms with van der Waals surface area (Å²) in [6.07, 6.45) is 1.17. The van der Waals surface area contributed by atoms with Gasteiger partial charge in [-0.15, -0.1) is 17.5 Å². The summed E-state index contributed by atoms with van der Waals surface area (Å²) in [6.45, 7) is 1.98. The predicted octanol–water partition coefficient (Wildman–Crippen LogP) is 0.0815. The highest BCUT2D eigenvalue weighted by molar-refractivity contribution is 5.85. The number of nitrogens with one attached hydrogen (secondary N) is 2. The number of benzene rings is 1. The Morgan fingerprint density at radius 1 is 1.41 bits per heavy atom. The summed E-state index contributed by atoms with van der Waals surface area (Å²) in [6, 6.07) is 7.25. The molecule has 8 heteroatoms. The van der Waals surface area contributed by atoms with Crippen molar-refractivity contribution in [3.8, 4) is 0 Å². The molecule has 1 aromatic carbocycles. The Hall–Kier alpha value is -1.99. The second kappa shape index (κ2) is 7.33. The summed E-state index contributed by atoms with van der Waals surface area (Å²) in [4.78, 5) is 24.0. The topological polar surface area (TPSA) is 88.9 Å². The van der Waals surface area contributed by atoms with Crippen molar-refractivity contribution >= 4 is 29.2 Å². The molecule has 22 heavy (non-hydrogen) atoms. The van der Waals surface area contributed by atoms with Gasteiger partial charge in [-0.25, -0.2) is 4.68 Å². The Balaban J connectivity index is 0.00000176. The fraction of sp³-hybridized carbons (Fsp3) is 0.429. The molecule has 3 rings (SSSR count). The molecule has 2 aromatic rings. The number of aromatic nitrogens is 3. The summed E-state index contributed by atoms with van der Waals surface area (Å²) in [5.74, 6) is -0.0643. The molecule has 1 aromatic heterocycles. The molecule has 2 heterocycles. The highest BCUT2D eigenvalue weighted by atomic mass is 35.5. The first-order valence-electron chi connectivity index (χ1n) is 7.06. The van der Waals surface area contributed by atoms with Crippen LogP contribution in [-0.4, -0.2) is 40.0 Å². The van der Waals surface area contributed by atoms with Gasteiger partial charge in [-0.2, -0.15) is 0 Å². The summed E-state index contributed by atoms with van der Waals surface area (Å²) in [5, 5.41) is 14.5. The predicted molar refractivity (Wildman–Crippen MR) is 85.1 cm³/mol. The van der Waals surface area contributed by atoms with Crippen LogP contribution in [0.3, 0.4) is 0 Å². The normalized spacial score (nSPS) is 17.2. The minimum Gasteiger partial charge on any atom is -0.352 e. The maximum Gasteiger partial charge on any atom is 0.277 e. The molecule has 0 aliphatic carbocycles. The summed E-state index contributed by atoms with van der Waals surface area (Å²) >= 11 is 0. The smallest absolute Gasteiger partial charge is 0.277 e. The van der Waals surface area contributed by atoms with Crippen molar-refractivity contribution in [1.82, 2.24) is 25.6 Å². The van der Waals surface area contributed by atoms with Gasteiger partial charge in [-0.05, 0) is 25.1 Å². The molecule has 1 fully saturated rings. The molecule has 1 saturated heterocycles. The van der Waals surface area contributed by atoms with E-state index in [-0.39, 0.29) is 42.9 Å². The first kappa shape index (κ1) is 16.4. The van der Waals surface area contributed by atoms with Gasteiger partial charge in [0.15, 0.2) is 0 Å². The molecule has 0 saturated carbocycles. The van der Waals surface area contributed by atoms with Gasteiger partial charge in [0.2, 0.25) is 5.91 Å². The van der Waals surface area contributed by atoms with Crippen molar-refractivity contribution < 1.29 is 4.79 Å². The third-order valence-corrected chi connectivity index (χ3v) is 3.61. The molecular weight excluding hydrogens is 306 g/mol. The third kappa shape index (κ3) is 3.61. The van der Waals surface area contributed by atoms with E-state index >= 15 is 0 Å². The van der Waals surface area contributed by atoms with E-state index in [9.17, 15) is 9.59 Å². The second-order valence-corrected chi connectivity index (χ2v) is 5.14. The van der Waals surface area contributed by atoms with Gasteiger partial charge in [-0.3, -0.25) is 9.59 Å². The van der Waals surface area contributed by atoms with Crippen molar-refractivity contribution in [2.75, 3.05) is 13.1 Å². The van der Waals surface area contributed by atoms with Crippen molar-refractivity contribution in [2.24, 2.45) is 0 Å². The maximum absolute atomic E-state index is 12.2. The average molecular weight is 324 g/mol. The monoisotopic (exact) mass is 323 g/mol. The Bertz CT molecular complexity index is 712. The van der Waals surface area contributed by atoms with E-state index in [0.29, 0.717) is 10.9 Å². The lowest BCUT2D eigenvalue weighted by molar-refractivity contribution is -0.121. The van der Waals surface area contributed by atoms with E-state index in [2.05, 4.69) is 20.9 Å². The number of hydrogen-bond donors (Lipinski definition) is 2. The molecule has 1 aliphatic rings. The standard InChI is InChI=1S/C14H17N5O2.ClH/c20-13(16-10-5-7-15-9-10)6-8-19-14(21)11-3-1-2-4-12(11)17-18-19;/h1-4,10,15H,5-9H2,(H,16,20);1H. The highest BCUT2D eigenvalue weighted by Crippen LogP contribution is 2.03. The molecule has 1 amide bonds. The van der Waals surface area contributed by atoms with Crippen LogP contribution in [0.1, 0.15) is 12.8 Å². The molecule has 7 nitrogen and oxygen atoms in total. The van der Waals surface area contributed by atoms with Crippen molar-refractivity contribution in [1.29, 1.82) is 0 Å². The van der Waals surface area contributed by atoms with Gasteiger partial charge >= 0.3 is 0 Å². The van der Waals surface area contributed by atoms with E-state index in [4.69, 9.17) is 0 Å². The Morgan fingerprint density at radius 3 is 3.00 bits per heavy atom. The van der Waals surface area contributed by atoms with E-state index < -0.39 is 0 Å². The van der Waals surface area contributed by atoms with Crippen LogP contribution in [0.5, 0.6) is 0 Å². The van der Waals surface area contributed by atoms with Crippen LogP contribution in [0.25, 0.3) is 10.9 Å². The van der Waals surface area contributed by atoms with Crippen LogP contribution in [-0.2, 0) is 11.3 Å². The summed E-state index contributed by atoms with van der Waals surface area (Å²) in [5.41, 5.74) is 0.358. The highest BCUT2D eigenvalue weighted by Gasteiger charge is 2.16. The number of amides is 1. The molecule has 1 aliphatic heterocycles. The lowest BCUT2D eigenvalue weighted by Gasteiger charge is -2.11. The van der Waals surface area contributed by atoms with Crippen LogP contribution in [0, 0.1) is 0 Å². The first-order chi connectivity index (χ1) is 10.2. The zero-order valence-corrected chi connectivity index (χ0v) is 12.8. The minimum absolute atomic E-state index is 0. The van der Waals surface area contributed by atoms with Crippen molar-refractivity contribution in [2.45, 2.75) is 25.4 Å². The van der Waals surface area contributed by atoms with Gasteiger partial charge in [-0.1, -0.05) is 17.3 Å². The fourth-order valence-corrected chi connectivity index (χ4v) is 2.45. The zero-order chi connectivity index (χ0) is 14.7. The number of rotatable bonds is 4. The SMILES string of the molecule is Cl.O=C(CCn1nnc2ccccc2c1=O)NC1CCNC1. The average Bonchev–Trinajstić information content (AvgIpc) is 3.00. The molecule has 118 valence electrons. The molecule has 0 bridgehead atoms. The maximum atomic E-state index is 12.2. The number of aryl methyl sites for hydroxylation is 1. The molecule has 0 spiro atoms. The number of carbonyl (C=O) groups excluding carboxylic acids is 1. The summed E-state index contributed by atoms with van der Waals surface area (Å²) in [7, 11) is 0. The quantitative estimate of drug-likeness (QED) is 0.832. The van der Waals surface area contributed by atoms with Gasteiger partial charge in [0.1, 0.15) is 5.52 Å². The van der Waals surface area contributed by atoms with Gasteiger partial charge in [0.25, 0.3) is 5.56 Å². The number of nitrogens with zero attached hydrogens (tertiary/aromatic N) is 3. The Labute approximate surface area is 133 Å². The Kier molecular flexibility index (Phi) is 5.46. The van der Waals surface area contributed by atoms with Crippen molar-refractivity contribution in [3.05, 3.63) is 34.6 Å². The van der Waals surface area contributed by atoms with Crippen LogP contribution in [0.4, 0.5) is 0 Å². The van der Waals surface area contributed by atoms with Gasteiger partial charge in [0, 0.05) is 19.0 Å². The molecule has 1 unspecified atom stereocenters. The van der Waals surface area contributed by atoms with Gasteiger partial charge in [0.05, 0.1) is 11.9 Å². The molecule has 2 N–H and O–H groups in total. The first-order valence-corrected chi connectivity index (χ1v) is 7.06. The van der Waals surface area contributed by atoms with Crippen LogP contribution in [0.2, 0.25) is 0 Å². The number of hydrogen-bond acceptors (Lipinski definition) is 5. The second-order valence-electron chi connectivity index (χ2n) is 5.14. The lowest BCUT2D eigenvalue weighted by Crippen LogP contribution is -2.37. The summed E-state index contributed by atoms with van der Waals surface area (Å²) < 4.78 is 1.24. The van der Waals surface area contributed by atoms with Gasteiger partial charge < -0.3 is 10.6 Å². The molecule has 1 atom stereocenters.